The summed E-state index contributed by atoms with van der Waals surface area (Å²) in [6.45, 7) is 1.05. The van der Waals surface area contributed by atoms with Gasteiger partial charge in [-0.25, -0.2) is 9.97 Å². The van der Waals surface area contributed by atoms with Gasteiger partial charge in [0.25, 0.3) is 0 Å². The van der Waals surface area contributed by atoms with Crippen LogP contribution in [-0.2, 0) is 0 Å². The van der Waals surface area contributed by atoms with Gasteiger partial charge in [-0.2, -0.15) is 0 Å². The maximum Gasteiger partial charge on any atom is 0.224 e. The number of aromatic nitrogens is 2. The smallest absolute Gasteiger partial charge is 0.224 e. The van der Waals surface area contributed by atoms with Gasteiger partial charge < -0.3 is 5.32 Å². The SMILES string of the molecule is Clc1nccc(NCC2(C3CC3)CC2)n1. The molecule has 0 aliphatic heterocycles. The number of rotatable bonds is 4. The van der Waals surface area contributed by atoms with Crippen molar-refractivity contribution in [1.29, 1.82) is 0 Å². The monoisotopic (exact) mass is 223 g/mol. The summed E-state index contributed by atoms with van der Waals surface area (Å²) in [7, 11) is 0. The fourth-order valence-electron chi connectivity index (χ4n) is 2.29. The predicted molar refractivity (Wildman–Crippen MR) is 59.9 cm³/mol. The minimum absolute atomic E-state index is 0.316. The normalized spacial score (nSPS) is 22.5. The second kappa shape index (κ2) is 3.34. The fourth-order valence-corrected chi connectivity index (χ4v) is 2.43. The third kappa shape index (κ3) is 1.93. The first kappa shape index (κ1) is 9.40. The van der Waals surface area contributed by atoms with Gasteiger partial charge in [0.15, 0.2) is 0 Å². The Labute approximate surface area is 94.3 Å². The predicted octanol–water partition coefficient (Wildman–Crippen LogP) is 2.73. The van der Waals surface area contributed by atoms with Crippen LogP contribution in [0.25, 0.3) is 0 Å². The molecule has 15 heavy (non-hydrogen) atoms. The van der Waals surface area contributed by atoms with E-state index in [2.05, 4.69) is 15.3 Å². The number of halogens is 1. The summed E-state index contributed by atoms with van der Waals surface area (Å²) < 4.78 is 0. The molecule has 2 aliphatic carbocycles. The van der Waals surface area contributed by atoms with Crippen LogP contribution in [0.2, 0.25) is 5.28 Å². The summed E-state index contributed by atoms with van der Waals surface area (Å²) in [5.41, 5.74) is 0.595. The molecule has 3 rings (SSSR count). The highest BCUT2D eigenvalue weighted by Gasteiger charge is 2.53. The Morgan fingerprint density at radius 3 is 2.87 bits per heavy atom. The molecule has 1 aromatic heterocycles. The fraction of sp³-hybridized carbons (Fsp3) is 0.636. The van der Waals surface area contributed by atoms with Gasteiger partial charge in [0.1, 0.15) is 5.82 Å². The molecule has 1 heterocycles. The van der Waals surface area contributed by atoms with Crippen molar-refractivity contribution in [2.75, 3.05) is 11.9 Å². The first-order chi connectivity index (χ1) is 7.28. The first-order valence-corrected chi connectivity index (χ1v) is 5.89. The minimum atomic E-state index is 0.316. The van der Waals surface area contributed by atoms with Gasteiger partial charge in [-0.1, -0.05) is 0 Å². The van der Waals surface area contributed by atoms with E-state index in [0.717, 1.165) is 18.3 Å². The van der Waals surface area contributed by atoms with Gasteiger partial charge in [-0.3, -0.25) is 0 Å². The second-order valence-corrected chi connectivity index (χ2v) is 5.04. The van der Waals surface area contributed by atoms with Crippen molar-refractivity contribution >= 4 is 17.4 Å². The van der Waals surface area contributed by atoms with Crippen molar-refractivity contribution in [3.63, 3.8) is 0 Å². The summed E-state index contributed by atoms with van der Waals surface area (Å²) in [5.74, 6) is 1.82. The molecule has 0 bridgehead atoms. The Morgan fingerprint density at radius 1 is 1.47 bits per heavy atom. The second-order valence-electron chi connectivity index (χ2n) is 4.70. The molecule has 80 valence electrons. The zero-order chi connectivity index (χ0) is 10.3. The van der Waals surface area contributed by atoms with Crippen molar-refractivity contribution in [3.8, 4) is 0 Å². The highest BCUT2D eigenvalue weighted by molar-refractivity contribution is 6.28. The van der Waals surface area contributed by atoms with E-state index in [1.165, 1.54) is 25.7 Å². The lowest BCUT2D eigenvalue weighted by molar-refractivity contribution is 0.466. The van der Waals surface area contributed by atoms with E-state index in [1.807, 2.05) is 6.07 Å². The van der Waals surface area contributed by atoms with Gasteiger partial charge in [-0.05, 0) is 54.7 Å². The summed E-state index contributed by atoms with van der Waals surface area (Å²) in [4.78, 5) is 7.99. The number of hydrogen-bond acceptors (Lipinski definition) is 3. The van der Waals surface area contributed by atoms with E-state index >= 15 is 0 Å². The maximum atomic E-state index is 5.72. The maximum absolute atomic E-state index is 5.72. The summed E-state index contributed by atoms with van der Waals surface area (Å²) >= 11 is 5.72. The quantitative estimate of drug-likeness (QED) is 0.798. The van der Waals surface area contributed by atoms with E-state index in [9.17, 15) is 0 Å². The molecule has 0 spiro atoms. The standard InChI is InChI=1S/C11H14ClN3/c12-10-13-6-3-9(15-10)14-7-11(4-5-11)8-1-2-8/h3,6,8H,1-2,4-5,7H2,(H,13,14,15). The molecule has 0 amide bonds. The highest BCUT2D eigenvalue weighted by Crippen LogP contribution is 2.61. The van der Waals surface area contributed by atoms with Gasteiger partial charge in [-0.15, -0.1) is 0 Å². The van der Waals surface area contributed by atoms with Crippen molar-refractivity contribution in [2.24, 2.45) is 11.3 Å². The zero-order valence-corrected chi connectivity index (χ0v) is 9.30. The summed E-state index contributed by atoms with van der Waals surface area (Å²) in [6, 6.07) is 1.87. The Morgan fingerprint density at radius 2 is 2.27 bits per heavy atom. The molecule has 4 heteroatoms. The lowest BCUT2D eigenvalue weighted by Crippen LogP contribution is -2.17. The average Bonchev–Trinajstić information content (AvgIpc) is 3.08. The lowest BCUT2D eigenvalue weighted by Gasteiger charge is -2.15. The Bertz CT molecular complexity index is 372. The van der Waals surface area contributed by atoms with Crippen LogP contribution < -0.4 is 5.32 Å². The zero-order valence-electron chi connectivity index (χ0n) is 8.54. The molecule has 2 saturated carbocycles. The van der Waals surface area contributed by atoms with Crippen LogP contribution >= 0.6 is 11.6 Å². The molecule has 0 radical (unpaired) electrons. The van der Waals surface area contributed by atoms with Crippen molar-refractivity contribution < 1.29 is 0 Å². The number of anilines is 1. The van der Waals surface area contributed by atoms with Crippen molar-refractivity contribution in [2.45, 2.75) is 25.7 Å². The molecule has 0 aromatic carbocycles. The molecular weight excluding hydrogens is 210 g/mol. The topological polar surface area (TPSA) is 37.8 Å². The van der Waals surface area contributed by atoms with E-state index in [1.54, 1.807) is 6.20 Å². The molecule has 2 aliphatic rings. The molecule has 0 unspecified atom stereocenters. The van der Waals surface area contributed by atoms with Gasteiger partial charge in [0, 0.05) is 12.7 Å². The van der Waals surface area contributed by atoms with E-state index in [0.29, 0.717) is 10.7 Å². The molecule has 0 atom stereocenters. The van der Waals surface area contributed by atoms with Crippen LogP contribution in [0.5, 0.6) is 0 Å². The van der Waals surface area contributed by atoms with Crippen molar-refractivity contribution in [3.05, 3.63) is 17.5 Å². The van der Waals surface area contributed by atoms with Gasteiger partial charge >= 0.3 is 0 Å². The number of hydrogen-bond donors (Lipinski definition) is 1. The van der Waals surface area contributed by atoms with Crippen LogP contribution in [-0.4, -0.2) is 16.5 Å². The summed E-state index contributed by atoms with van der Waals surface area (Å²) in [6.07, 6.45) is 7.29. The van der Waals surface area contributed by atoms with Crippen LogP contribution in [0.15, 0.2) is 12.3 Å². The van der Waals surface area contributed by atoms with Crippen LogP contribution in [0.4, 0.5) is 5.82 Å². The van der Waals surface area contributed by atoms with E-state index in [-0.39, 0.29) is 0 Å². The molecule has 2 fully saturated rings. The van der Waals surface area contributed by atoms with Crippen LogP contribution in [0, 0.1) is 11.3 Å². The number of nitrogens with one attached hydrogen (secondary N) is 1. The Hall–Kier alpha value is -0.830. The largest absolute Gasteiger partial charge is 0.369 e. The van der Waals surface area contributed by atoms with Crippen molar-refractivity contribution in [1.82, 2.24) is 9.97 Å². The van der Waals surface area contributed by atoms with Crippen LogP contribution in [0.3, 0.4) is 0 Å². The van der Waals surface area contributed by atoms with Gasteiger partial charge in [0.2, 0.25) is 5.28 Å². The molecule has 1 aromatic rings. The van der Waals surface area contributed by atoms with Gasteiger partial charge in [0.05, 0.1) is 0 Å². The van der Waals surface area contributed by atoms with Crippen LogP contribution in [0.1, 0.15) is 25.7 Å². The molecule has 1 N–H and O–H groups in total. The minimum Gasteiger partial charge on any atom is -0.369 e. The Kier molecular flexibility index (Phi) is 2.09. The third-order valence-corrected chi connectivity index (χ3v) is 3.77. The Balaban J connectivity index is 1.61. The van der Waals surface area contributed by atoms with E-state index in [4.69, 9.17) is 11.6 Å². The number of nitrogens with zero attached hydrogens (tertiary/aromatic N) is 2. The average molecular weight is 224 g/mol. The first-order valence-electron chi connectivity index (χ1n) is 5.51. The molecular formula is C11H14ClN3. The highest BCUT2D eigenvalue weighted by atomic mass is 35.5. The molecule has 0 saturated heterocycles. The summed E-state index contributed by atoms with van der Waals surface area (Å²) in [5, 5.41) is 3.69. The molecule has 3 nitrogen and oxygen atoms in total. The van der Waals surface area contributed by atoms with E-state index < -0.39 is 0 Å². The lowest BCUT2D eigenvalue weighted by atomic mass is 10.0. The third-order valence-electron chi connectivity index (χ3n) is 3.58.